The van der Waals surface area contributed by atoms with E-state index in [0.717, 1.165) is 55.5 Å². The van der Waals surface area contributed by atoms with E-state index in [0.29, 0.717) is 13.2 Å². The summed E-state index contributed by atoms with van der Waals surface area (Å²) in [5.41, 5.74) is 3.06. The maximum Gasteiger partial charge on any atom is 0.148 e. The van der Waals surface area contributed by atoms with E-state index in [4.69, 9.17) is 19.1 Å². The molecule has 0 unspecified atom stereocenters. The van der Waals surface area contributed by atoms with Gasteiger partial charge in [-0.05, 0) is 39.0 Å². The van der Waals surface area contributed by atoms with Crippen molar-refractivity contribution in [3.8, 4) is 0 Å². The van der Waals surface area contributed by atoms with Gasteiger partial charge in [0, 0.05) is 17.4 Å². The number of fused-ring (bicyclic) bond motifs is 4. The van der Waals surface area contributed by atoms with E-state index in [9.17, 15) is 0 Å². The van der Waals surface area contributed by atoms with Crippen molar-refractivity contribution < 1.29 is 9.15 Å². The first-order valence-corrected chi connectivity index (χ1v) is 9.80. The lowest BCUT2D eigenvalue weighted by molar-refractivity contribution is -0.0411. The molecule has 4 aromatic rings. The van der Waals surface area contributed by atoms with Crippen molar-refractivity contribution in [2.24, 2.45) is 0 Å². The summed E-state index contributed by atoms with van der Waals surface area (Å²) in [6.45, 7) is 7.31. The molecule has 1 aliphatic heterocycles. The predicted octanol–water partition coefficient (Wildman–Crippen LogP) is 4.60. The Morgan fingerprint density at radius 3 is 2.96 bits per heavy atom. The first kappa shape index (κ1) is 16.6. The van der Waals surface area contributed by atoms with Crippen molar-refractivity contribution in [3.05, 3.63) is 47.3 Å². The van der Waals surface area contributed by atoms with Crippen molar-refractivity contribution in [2.75, 3.05) is 5.32 Å². The van der Waals surface area contributed by atoms with Crippen LogP contribution >= 0.6 is 11.3 Å². The molecule has 0 amide bonds. The van der Waals surface area contributed by atoms with Gasteiger partial charge in [-0.2, -0.15) is 0 Å². The molecule has 27 heavy (non-hydrogen) atoms. The van der Waals surface area contributed by atoms with Crippen LogP contribution in [0.2, 0.25) is 0 Å². The zero-order valence-electron chi connectivity index (χ0n) is 15.5. The molecule has 0 radical (unpaired) electrons. The van der Waals surface area contributed by atoms with Crippen LogP contribution in [0.25, 0.3) is 20.4 Å². The monoisotopic (exact) mass is 380 g/mol. The maximum absolute atomic E-state index is 5.96. The number of anilines is 1. The second kappa shape index (κ2) is 6.00. The van der Waals surface area contributed by atoms with Crippen molar-refractivity contribution in [3.63, 3.8) is 0 Å². The Bertz CT molecular complexity index is 1150. The summed E-state index contributed by atoms with van der Waals surface area (Å²) in [4.78, 5) is 15.3. The Morgan fingerprint density at radius 2 is 2.15 bits per heavy atom. The molecule has 6 nitrogen and oxygen atoms in total. The standard InChI is InChI=1S/C20H20N4O2S/c1-11-22-16-14-7-12-10-26-20(2,3)8-15(12)24-19(14)27-17(16)18(23-11)21-9-13-5-4-6-25-13/h4-7H,8-10H2,1-3H3,(H,21,22,23). The van der Waals surface area contributed by atoms with Crippen LogP contribution in [-0.4, -0.2) is 20.6 Å². The third-order valence-corrected chi connectivity index (χ3v) is 5.90. The Labute approximate surface area is 160 Å². The highest BCUT2D eigenvalue weighted by Gasteiger charge is 2.28. The highest BCUT2D eigenvalue weighted by atomic mass is 32.1. The Balaban J connectivity index is 1.62. The summed E-state index contributed by atoms with van der Waals surface area (Å²) in [5.74, 6) is 2.43. The lowest BCUT2D eigenvalue weighted by Gasteiger charge is -2.30. The molecule has 0 spiro atoms. The number of pyridine rings is 1. The third kappa shape index (κ3) is 2.96. The Hall–Kier alpha value is -2.51. The van der Waals surface area contributed by atoms with Gasteiger partial charge in [0.2, 0.25) is 0 Å². The SMILES string of the molecule is Cc1nc(NCc2ccco2)c2sc3nc4c(cc3c2n1)COC(C)(C)C4. The van der Waals surface area contributed by atoms with E-state index in [1.54, 1.807) is 17.6 Å². The minimum atomic E-state index is -0.170. The summed E-state index contributed by atoms with van der Waals surface area (Å²) in [6, 6.07) is 6.02. The predicted molar refractivity (Wildman–Crippen MR) is 106 cm³/mol. The van der Waals surface area contributed by atoms with E-state index < -0.39 is 0 Å². The summed E-state index contributed by atoms with van der Waals surface area (Å²) in [6.07, 6.45) is 2.50. The molecular weight excluding hydrogens is 360 g/mol. The third-order valence-electron chi connectivity index (χ3n) is 4.81. The molecule has 0 saturated carbocycles. The normalized spacial score (nSPS) is 16.0. The first-order valence-electron chi connectivity index (χ1n) is 8.98. The lowest BCUT2D eigenvalue weighted by atomic mass is 9.95. The van der Waals surface area contributed by atoms with Gasteiger partial charge < -0.3 is 14.5 Å². The molecular formula is C20H20N4O2S. The van der Waals surface area contributed by atoms with Crippen LogP contribution in [0.5, 0.6) is 0 Å². The number of hydrogen-bond donors (Lipinski definition) is 1. The first-order chi connectivity index (χ1) is 13.0. The van der Waals surface area contributed by atoms with Gasteiger partial charge in [0.05, 0.1) is 40.9 Å². The second-order valence-corrected chi connectivity index (χ2v) is 8.50. The van der Waals surface area contributed by atoms with Crippen molar-refractivity contribution in [1.29, 1.82) is 0 Å². The van der Waals surface area contributed by atoms with Gasteiger partial charge >= 0.3 is 0 Å². The van der Waals surface area contributed by atoms with E-state index in [1.165, 1.54) is 0 Å². The molecule has 0 bridgehead atoms. The van der Waals surface area contributed by atoms with Crippen LogP contribution in [0.3, 0.4) is 0 Å². The minimum Gasteiger partial charge on any atom is -0.467 e. The van der Waals surface area contributed by atoms with Gasteiger partial charge in [-0.1, -0.05) is 0 Å². The van der Waals surface area contributed by atoms with E-state index in [1.807, 2.05) is 19.1 Å². The number of aryl methyl sites for hydroxylation is 1. The van der Waals surface area contributed by atoms with Crippen LogP contribution in [0, 0.1) is 6.92 Å². The summed E-state index contributed by atoms with van der Waals surface area (Å²) >= 11 is 1.64. The molecule has 0 aliphatic carbocycles. The fourth-order valence-corrected chi connectivity index (χ4v) is 4.55. The highest BCUT2D eigenvalue weighted by molar-refractivity contribution is 7.25. The van der Waals surface area contributed by atoms with Crippen molar-refractivity contribution in [1.82, 2.24) is 15.0 Å². The van der Waals surface area contributed by atoms with E-state index in [-0.39, 0.29) is 5.60 Å². The molecule has 1 aliphatic rings. The molecule has 5 heterocycles. The van der Waals surface area contributed by atoms with Crippen LogP contribution in [0.4, 0.5) is 5.82 Å². The van der Waals surface area contributed by atoms with Crippen LogP contribution in [0.15, 0.2) is 28.9 Å². The molecule has 7 heteroatoms. The van der Waals surface area contributed by atoms with E-state index in [2.05, 4.69) is 30.2 Å². The largest absolute Gasteiger partial charge is 0.467 e. The second-order valence-electron chi connectivity index (χ2n) is 7.50. The molecule has 1 N–H and O–H groups in total. The molecule has 0 atom stereocenters. The average molecular weight is 380 g/mol. The maximum atomic E-state index is 5.96. The fraction of sp³-hybridized carbons (Fsp3) is 0.350. The minimum absolute atomic E-state index is 0.170. The Morgan fingerprint density at radius 1 is 1.26 bits per heavy atom. The molecule has 5 rings (SSSR count). The van der Waals surface area contributed by atoms with Gasteiger partial charge in [-0.15, -0.1) is 11.3 Å². The number of nitrogens with one attached hydrogen (secondary N) is 1. The topological polar surface area (TPSA) is 73.1 Å². The number of thiophene rings is 1. The smallest absolute Gasteiger partial charge is 0.148 e. The van der Waals surface area contributed by atoms with Gasteiger partial charge in [0.15, 0.2) is 0 Å². The number of hydrogen-bond acceptors (Lipinski definition) is 7. The molecule has 0 saturated heterocycles. The fourth-order valence-electron chi connectivity index (χ4n) is 3.47. The van der Waals surface area contributed by atoms with Gasteiger partial charge in [-0.25, -0.2) is 15.0 Å². The Kier molecular flexibility index (Phi) is 3.70. The number of ether oxygens (including phenoxy) is 1. The van der Waals surface area contributed by atoms with Gasteiger partial charge in [0.1, 0.15) is 22.2 Å². The number of aromatic nitrogens is 3. The average Bonchev–Trinajstić information content (AvgIpc) is 3.25. The van der Waals surface area contributed by atoms with Crippen molar-refractivity contribution in [2.45, 2.75) is 45.9 Å². The number of rotatable bonds is 3. The number of furan rings is 1. The van der Waals surface area contributed by atoms with Crippen LogP contribution in [-0.2, 0) is 24.3 Å². The van der Waals surface area contributed by atoms with Crippen LogP contribution < -0.4 is 5.32 Å². The summed E-state index contributed by atoms with van der Waals surface area (Å²) in [5, 5.41) is 4.46. The zero-order chi connectivity index (χ0) is 18.6. The van der Waals surface area contributed by atoms with Gasteiger partial charge in [0.25, 0.3) is 0 Å². The quantitative estimate of drug-likeness (QED) is 0.560. The zero-order valence-corrected chi connectivity index (χ0v) is 16.3. The summed E-state index contributed by atoms with van der Waals surface area (Å²) in [7, 11) is 0. The lowest BCUT2D eigenvalue weighted by Crippen LogP contribution is -2.32. The molecule has 4 aromatic heterocycles. The van der Waals surface area contributed by atoms with Crippen LogP contribution in [0.1, 0.15) is 36.7 Å². The molecule has 0 fully saturated rings. The highest BCUT2D eigenvalue weighted by Crippen LogP contribution is 2.38. The number of nitrogens with zero attached hydrogens (tertiary/aromatic N) is 3. The molecule has 0 aromatic carbocycles. The van der Waals surface area contributed by atoms with E-state index >= 15 is 0 Å². The van der Waals surface area contributed by atoms with Crippen molar-refractivity contribution >= 4 is 37.6 Å². The summed E-state index contributed by atoms with van der Waals surface area (Å²) < 4.78 is 12.4. The van der Waals surface area contributed by atoms with Gasteiger partial charge in [-0.3, -0.25) is 0 Å². The molecule has 138 valence electrons.